The molecule has 0 spiro atoms. The number of hydrogen-bond acceptors (Lipinski definition) is 9. The van der Waals surface area contributed by atoms with Gasteiger partial charge in [0.2, 0.25) is 6.29 Å². The zero-order valence-electron chi connectivity index (χ0n) is 21.0. The van der Waals surface area contributed by atoms with Crippen LogP contribution in [0.2, 0.25) is 0 Å². The van der Waals surface area contributed by atoms with Gasteiger partial charge in [0.05, 0.1) is 35.4 Å². The number of hydroxylamine groups is 1. The van der Waals surface area contributed by atoms with Crippen molar-refractivity contribution in [2.24, 2.45) is 0 Å². The summed E-state index contributed by atoms with van der Waals surface area (Å²) in [7, 11) is 1.20. The number of nitrogens with zero attached hydrogens (tertiary/aromatic N) is 4. The maximum Gasteiger partial charge on any atom is 0.416 e. The molecule has 0 radical (unpaired) electrons. The summed E-state index contributed by atoms with van der Waals surface area (Å²) in [6.45, 7) is 0. The van der Waals surface area contributed by atoms with Gasteiger partial charge in [0.25, 0.3) is 0 Å². The molecule has 4 aromatic rings. The zero-order chi connectivity index (χ0) is 29.1. The van der Waals surface area contributed by atoms with Crippen molar-refractivity contribution < 1.29 is 37.4 Å². The number of alkyl carbamates (subject to hydrolysis) is 1. The van der Waals surface area contributed by atoms with Crippen LogP contribution in [0.3, 0.4) is 0 Å². The number of urea groups is 1. The van der Waals surface area contributed by atoms with E-state index in [0.29, 0.717) is 28.6 Å². The summed E-state index contributed by atoms with van der Waals surface area (Å²) in [5, 5.41) is 28.8. The van der Waals surface area contributed by atoms with Gasteiger partial charge in [-0.1, -0.05) is 0 Å². The molecule has 1 aromatic heterocycles. The van der Waals surface area contributed by atoms with E-state index in [2.05, 4.69) is 36.2 Å². The van der Waals surface area contributed by atoms with Crippen LogP contribution in [0, 0.1) is 0 Å². The van der Waals surface area contributed by atoms with Crippen LogP contribution in [0.4, 0.5) is 45.5 Å². The van der Waals surface area contributed by atoms with Crippen LogP contribution in [0.1, 0.15) is 5.56 Å². The van der Waals surface area contributed by atoms with Gasteiger partial charge in [0.15, 0.2) is 0 Å². The molecule has 212 valence electrons. The topological polar surface area (TPSA) is 155 Å². The van der Waals surface area contributed by atoms with Crippen LogP contribution >= 0.6 is 0 Å². The number of rotatable bonds is 6. The van der Waals surface area contributed by atoms with Gasteiger partial charge in [0.1, 0.15) is 24.2 Å². The first-order chi connectivity index (χ1) is 19.6. The average Bonchev–Trinajstić information content (AvgIpc) is 3.58. The number of fused-ring (bicyclic) bond motifs is 1. The Morgan fingerprint density at radius 2 is 1.66 bits per heavy atom. The first kappa shape index (κ1) is 27.1. The van der Waals surface area contributed by atoms with Crippen LogP contribution in [0.25, 0.3) is 5.69 Å². The molecule has 0 saturated heterocycles. The molecule has 1 aliphatic rings. The van der Waals surface area contributed by atoms with Crippen molar-refractivity contribution in [2.45, 2.75) is 12.5 Å². The van der Waals surface area contributed by atoms with Crippen molar-refractivity contribution in [1.82, 2.24) is 20.1 Å². The lowest BCUT2D eigenvalue weighted by molar-refractivity contribution is -0.137. The van der Waals surface area contributed by atoms with E-state index in [1.165, 1.54) is 42.5 Å². The maximum atomic E-state index is 13.3. The van der Waals surface area contributed by atoms with E-state index < -0.39 is 30.2 Å². The largest absolute Gasteiger partial charge is 0.457 e. The number of hydrogen-bond donors (Lipinski definition) is 5. The van der Waals surface area contributed by atoms with Gasteiger partial charge >= 0.3 is 18.3 Å². The fourth-order valence-corrected chi connectivity index (χ4v) is 3.89. The van der Waals surface area contributed by atoms with E-state index in [-0.39, 0.29) is 11.4 Å². The Hall–Kier alpha value is -5.51. The quantitative estimate of drug-likeness (QED) is 0.216. The summed E-state index contributed by atoms with van der Waals surface area (Å²) in [6, 6.07) is 13.2. The molecule has 16 heteroatoms. The minimum absolute atomic E-state index is 0.106. The Balaban J connectivity index is 1.24. The summed E-state index contributed by atoms with van der Waals surface area (Å²) in [5.41, 5.74) is 0.418. The first-order valence-electron chi connectivity index (χ1n) is 11.8. The van der Waals surface area contributed by atoms with E-state index in [1.54, 1.807) is 30.3 Å². The molecule has 5 N–H and O–H groups in total. The zero-order valence-corrected chi connectivity index (χ0v) is 21.0. The van der Waals surface area contributed by atoms with Gasteiger partial charge < -0.3 is 25.4 Å². The van der Waals surface area contributed by atoms with Gasteiger partial charge in [-0.05, 0) is 54.6 Å². The van der Waals surface area contributed by atoms with E-state index in [1.807, 2.05) is 0 Å². The molecule has 41 heavy (non-hydrogen) atoms. The van der Waals surface area contributed by atoms with Gasteiger partial charge in [-0.15, -0.1) is 10.2 Å². The number of amides is 3. The fraction of sp³-hybridized carbons (Fsp3) is 0.120. The Morgan fingerprint density at radius 1 is 0.951 bits per heavy atom. The monoisotopic (exact) mass is 570 g/mol. The third-order valence-corrected chi connectivity index (χ3v) is 5.81. The summed E-state index contributed by atoms with van der Waals surface area (Å²) in [5.74, 6) is 0.760. The average molecular weight is 570 g/mol. The van der Waals surface area contributed by atoms with E-state index in [0.717, 1.165) is 17.2 Å². The van der Waals surface area contributed by atoms with Crippen LogP contribution < -0.4 is 31.1 Å². The number of methoxy groups -OCH3 is 1. The highest BCUT2D eigenvalue weighted by atomic mass is 19.4. The molecular weight excluding hydrogens is 549 g/mol. The van der Waals surface area contributed by atoms with Gasteiger partial charge in [-0.2, -0.15) is 13.2 Å². The van der Waals surface area contributed by atoms with E-state index in [4.69, 9.17) is 4.74 Å². The molecule has 1 unspecified atom stereocenters. The maximum absolute atomic E-state index is 13.3. The third-order valence-electron chi connectivity index (χ3n) is 5.81. The minimum Gasteiger partial charge on any atom is -0.457 e. The predicted octanol–water partition coefficient (Wildman–Crippen LogP) is 4.98. The Bertz CT molecular complexity index is 1560. The molecule has 1 atom stereocenters. The third kappa shape index (κ3) is 6.06. The molecule has 0 aliphatic carbocycles. The molecule has 5 rings (SSSR count). The van der Waals surface area contributed by atoms with Crippen molar-refractivity contribution in [3.05, 3.63) is 78.9 Å². The number of alkyl halides is 3. The molecule has 1 aliphatic heterocycles. The highest BCUT2D eigenvalue weighted by Gasteiger charge is 2.32. The molecular formula is C25H21F3N8O5. The number of anilines is 4. The number of ether oxygens (including phenoxy) is 2. The summed E-state index contributed by atoms with van der Waals surface area (Å²) in [4.78, 5) is 24.1. The van der Waals surface area contributed by atoms with Gasteiger partial charge in [-0.25, -0.2) is 14.7 Å². The second-order valence-corrected chi connectivity index (χ2v) is 8.51. The van der Waals surface area contributed by atoms with Crippen LogP contribution in [-0.4, -0.2) is 45.5 Å². The van der Waals surface area contributed by atoms with Gasteiger partial charge in [-0.3, -0.25) is 15.1 Å². The number of benzene rings is 3. The van der Waals surface area contributed by atoms with Crippen molar-refractivity contribution >= 4 is 34.9 Å². The Labute approximate surface area is 229 Å². The lowest BCUT2D eigenvalue weighted by Gasteiger charge is -2.20. The van der Waals surface area contributed by atoms with Crippen molar-refractivity contribution in [2.75, 3.05) is 28.1 Å². The standard InChI is InChI=1S/C25H21F3N8O5/c1-40-24(38)34-22-32-18-8-7-17(11-21(18)36(22)39)41-16-5-3-15(4-6-16)31-23(37)33-19-10-14(25(26,27)28)2-9-20(19)35-12-29-30-13-35/h2-13,22,32,39H,1H3,(H,34,38)(H2,31,33,37). The highest BCUT2D eigenvalue weighted by molar-refractivity contribution is 6.01. The molecule has 13 nitrogen and oxygen atoms in total. The fourth-order valence-electron chi connectivity index (χ4n) is 3.89. The SMILES string of the molecule is COC(=O)NC1Nc2ccc(Oc3ccc(NC(=O)Nc4cc(C(F)(F)F)ccc4-n4cnnc4)cc3)cc2N1O. The minimum atomic E-state index is -4.61. The van der Waals surface area contributed by atoms with Crippen molar-refractivity contribution in [1.29, 1.82) is 0 Å². The predicted molar refractivity (Wildman–Crippen MR) is 139 cm³/mol. The lowest BCUT2D eigenvalue weighted by atomic mass is 10.1. The van der Waals surface area contributed by atoms with Crippen LogP contribution in [-0.2, 0) is 10.9 Å². The number of nitrogens with one attached hydrogen (secondary N) is 4. The summed E-state index contributed by atoms with van der Waals surface area (Å²) in [6.07, 6.45) is -3.71. The molecule has 2 heterocycles. The van der Waals surface area contributed by atoms with Crippen LogP contribution in [0.5, 0.6) is 11.5 Å². The summed E-state index contributed by atoms with van der Waals surface area (Å²) < 4.78 is 51.5. The number of aromatic nitrogens is 3. The van der Waals surface area contributed by atoms with Crippen LogP contribution in [0.15, 0.2) is 73.3 Å². The number of carbonyl (C=O) groups is 2. The smallest absolute Gasteiger partial charge is 0.416 e. The molecule has 0 bridgehead atoms. The highest BCUT2D eigenvalue weighted by Crippen LogP contribution is 2.37. The molecule has 3 aromatic carbocycles. The number of halogens is 3. The normalized spacial score (nSPS) is 14.1. The second-order valence-electron chi connectivity index (χ2n) is 8.51. The van der Waals surface area contributed by atoms with Crippen molar-refractivity contribution in [3.8, 4) is 17.2 Å². The molecule has 0 saturated carbocycles. The molecule has 3 amide bonds. The van der Waals surface area contributed by atoms with E-state index in [9.17, 15) is 28.0 Å². The van der Waals surface area contributed by atoms with Gasteiger partial charge in [0, 0.05) is 11.8 Å². The first-order valence-corrected chi connectivity index (χ1v) is 11.8. The van der Waals surface area contributed by atoms with Crippen molar-refractivity contribution in [3.63, 3.8) is 0 Å². The number of carbonyl (C=O) groups excluding carboxylic acids is 2. The summed E-state index contributed by atoms with van der Waals surface area (Å²) >= 11 is 0. The second kappa shape index (κ2) is 10.9. The Kier molecular flexibility index (Phi) is 7.22. The molecule has 0 fully saturated rings. The lowest BCUT2D eigenvalue weighted by Crippen LogP contribution is -2.48. The Morgan fingerprint density at radius 3 is 2.34 bits per heavy atom. The van der Waals surface area contributed by atoms with E-state index >= 15 is 0 Å².